The summed E-state index contributed by atoms with van der Waals surface area (Å²) in [6.07, 6.45) is 3.13. The van der Waals surface area contributed by atoms with Crippen LogP contribution >= 0.6 is 11.3 Å². The van der Waals surface area contributed by atoms with Crippen molar-refractivity contribution in [3.63, 3.8) is 0 Å². The third kappa shape index (κ3) is 3.90. The Bertz CT molecular complexity index is 897. The summed E-state index contributed by atoms with van der Waals surface area (Å²) in [5.74, 6) is -0.653. The summed E-state index contributed by atoms with van der Waals surface area (Å²) in [4.78, 5) is 0.968. The van der Waals surface area contributed by atoms with E-state index >= 15 is 0 Å². The summed E-state index contributed by atoms with van der Waals surface area (Å²) >= 11 is 1.54. The van der Waals surface area contributed by atoms with E-state index in [4.69, 9.17) is 5.26 Å². The third-order valence-corrected chi connectivity index (χ3v) is 4.55. The Kier molecular flexibility index (Phi) is 5.17. The van der Waals surface area contributed by atoms with Crippen molar-refractivity contribution < 1.29 is 8.78 Å². The van der Waals surface area contributed by atoms with Gasteiger partial charge in [0.25, 0.3) is 0 Å². The molecule has 0 aliphatic rings. The summed E-state index contributed by atoms with van der Waals surface area (Å²) in [6, 6.07) is 18.2. The first-order valence-electron chi connectivity index (χ1n) is 7.55. The van der Waals surface area contributed by atoms with Crippen molar-refractivity contribution in [3.8, 4) is 6.07 Å². The molecule has 0 atom stereocenters. The van der Waals surface area contributed by atoms with Crippen LogP contribution in [0.4, 0.5) is 8.78 Å². The maximum absolute atomic E-state index is 13.4. The number of hydrogen-bond acceptors (Lipinski definition) is 2. The molecule has 3 rings (SSSR count). The summed E-state index contributed by atoms with van der Waals surface area (Å²) in [6.45, 7) is 0. The minimum atomic E-state index is -0.326. The van der Waals surface area contributed by atoms with Gasteiger partial charge in [-0.15, -0.1) is 11.3 Å². The van der Waals surface area contributed by atoms with Crippen LogP contribution in [0.25, 0.3) is 11.1 Å². The van der Waals surface area contributed by atoms with Gasteiger partial charge >= 0.3 is 0 Å². The number of benzene rings is 2. The molecule has 4 heteroatoms. The van der Waals surface area contributed by atoms with Crippen molar-refractivity contribution in [3.05, 3.63) is 106 Å². The molecular weight excluding hydrogens is 336 g/mol. The van der Waals surface area contributed by atoms with E-state index in [1.54, 1.807) is 30.3 Å². The molecule has 122 valence electrons. The van der Waals surface area contributed by atoms with Gasteiger partial charge in [0.15, 0.2) is 0 Å². The Morgan fingerprint density at radius 1 is 0.880 bits per heavy atom. The molecule has 0 saturated heterocycles. The highest BCUT2D eigenvalue weighted by atomic mass is 32.1. The second kappa shape index (κ2) is 7.69. The number of rotatable bonds is 4. The highest BCUT2D eigenvalue weighted by molar-refractivity contribution is 7.11. The minimum Gasteiger partial charge on any atom is -0.207 e. The molecule has 0 unspecified atom stereocenters. The van der Waals surface area contributed by atoms with E-state index in [-0.39, 0.29) is 11.6 Å². The van der Waals surface area contributed by atoms with Crippen LogP contribution in [0.3, 0.4) is 0 Å². The second-order valence-electron chi connectivity index (χ2n) is 5.24. The third-order valence-electron chi connectivity index (χ3n) is 3.65. The molecule has 1 aromatic heterocycles. The van der Waals surface area contributed by atoms with Gasteiger partial charge in [-0.05, 0) is 58.5 Å². The maximum Gasteiger partial charge on any atom is 0.123 e. The fraction of sp³-hybridized carbons (Fsp3) is 0. The maximum atomic E-state index is 13.4. The zero-order valence-electron chi connectivity index (χ0n) is 13.1. The van der Waals surface area contributed by atoms with Gasteiger partial charge in [-0.25, -0.2) is 8.78 Å². The van der Waals surface area contributed by atoms with Gasteiger partial charge in [-0.2, -0.15) is 5.26 Å². The van der Waals surface area contributed by atoms with Gasteiger partial charge in [0.2, 0.25) is 0 Å². The van der Waals surface area contributed by atoms with Crippen LogP contribution in [0.1, 0.15) is 16.0 Å². The van der Waals surface area contributed by atoms with Gasteiger partial charge in [0.05, 0.1) is 6.07 Å². The summed E-state index contributed by atoms with van der Waals surface area (Å²) in [5.41, 5.74) is 3.22. The lowest BCUT2D eigenvalue weighted by molar-refractivity contribution is 0.627. The van der Waals surface area contributed by atoms with Gasteiger partial charge in [0, 0.05) is 16.5 Å². The lowest BCUT2D eigenvalue weighted by Crippen LogP contribution is -1.93. The molecule has 0 radical (unpaired) electrons. The highest BCUT2D eigenvalue weighted by Gasteiger charge is 2.13. The van der Waals surface area contributed by atoms with Crippen LogP contribution in [-0.2, 0) is 0 Å². The number of nitriles is 1. The van der Waals surface area contributed by atoms with Crippen molar-refractivity contribution in [2.45, 2.75) is 0 Å². The van der Waals surface area contributed by atoms with Gasteiger partial charge < -0.3 is 0 Å². The molecule has 2 aromatic carbocycles. The van der Waals surface area contributed by atoms with Crippen LogP contribution < -0.4 is 0 Å². The molecule has 0 N–H and O–H groups in total. The molecule has 25 heavy (non-hydrogen) atoms. The number of allylic oxidation sites excluding steroid dienone is 3. The number of thiophene rings is 1. The van der Waals surface area contributed by atoms with Crippen LogP contribution in [0.5, 0.6) is 0 Å². The summed E-state index contributed by atoms with van der Waals surface area (Å²) in [7, 11) is 0. The normalized spacial score (nSPS) is 10.6. The first-order chi connectivity index (χ1) is 12.2. The number of nitrogens with zero attached hydrogens (tertiary/aromatic N) is 1. The van der Waals surface area contributed by atoms with Crippen molar-refractivity contribution in [1.29, 1.82) is 5.26 Å². The molecule has 3 aromatic rings. The molecule has 0 spiro atoms. The Hall–Kier alpha value is -3.03. The molecule has 1 heterocycles. The average Bonchev–Trinajstić information content (AvgIpc) is 3.15. The Morgan fingerprint density at radius 2 is 1.44 bits per heavy atom. The Balaban J connectivity index is 2.30. The van der Waals surface area contributed by atoms with E-state index < -0.39 is 0 Å². The lowest BCUT2D eigenvalue weighted by Gasteiger charge is -2.13. The van der Waals surface area contributed by atoms with Crippen LogP contribution in [0.15, 0.2) is 78.2 Å². The molecule has 0 bridgehead atoms. The standard InChI is InChI=1S/C21H13F2NS/c22-17-9-5-15(6-10-17)21(16-7-11-18(23)12-8-16)19(3-1-13-24)20-4-2-14-25-20/h1-12,14H/b3-1+. The second-order valence-corrected chi connectivity index (χ2v) is 6.19. The summed E-state index contributed by atoms with van der Waals surface area (Å²) < 4.78 is 26.7. The molecule has 0 aliphatic heterocycles. The summed E-state index contributed by atoms with van der Waals surface area (Å²) in [5, 5.41) is 10.9. The van der Waals surface area contributed by atoms with Gasteiger partial charge in [-0.1, -0.05) is 30.3 Å². The Labute approximate surface area is 148 Å². The first kappa shape index (κ1) is 16.8. The molecule has 0 aliphatic carbocycles. The van der Waals surface area contributed by atoms with Crippen molar-refractivity contribution in [1.82, 2.24) is 0 Å². The quantitative estimate of drug-likeness (QED) is 0.414. The largest absolute Gasteiger partial charge is 0.207 e. The van der Waals surface area contributed by atoms with E-state index in [2.05, 4.69) is 0 Å². The lowest BCUT2D eigenvalue weighted by atomic mass is 9.92. The number of hydrogen-bond donors (Lipinski definition) is 0. The SMILES string of the molecule is N#C/C=C/C(=C(c1ccc(F)cc1)c1ccc(F)cc1)c1cccs1. The van der Waals surface area contributed by atoms with Gasteiger partial charge in [0.1, 0.15) is 11.6 Å². The van der Waals surface area contributed by atoms with Crippen molar-refractivity contribution >= 4 is 22.5 Å². The zero-order valence-corrected chi connectivity index (χ0v) is 13.9. The topological polar surface area (TPSA) is 23.8 Å². The molecule has 0 fully saturated rings. The molecule has 0 saturated carbocycles. The van der Waals surface area contributed by atoms with Crippen LogP contribution in [0.2, 0.25) is 0 Å². The van der Waals surface area contributed by atoms with Crippen molar-refractivity contribution in [2.75, 3.05) is 0 Å². The van der Waals surface area contributed by atoms with Gasteiger partial charge in [-0.3, -0.25) is 0 Å². The fourth-order valence-corrected chi connectivity index (χ4v) is 3.31. The number of halogens is 2. The monoisotopic (exact) mass is 349 g/mol. The van der Waals surface area contributed by atoms with E-state index in [0.29, 0.717) is 0 Å². The highest BCUT2D eigenvalue weighted by Crippen LogP contribution is 2.35. The Morgan fingerprint density at radius 3 is 1.88 bits per heavy atom. The van der Waals surface area contributed by atoms with E-state index in [1.807, 2.05) is 23.6 Å². The molecule has 1 nitrogen and oxygen atoms in total. The zero-order chi connectivity index (χ0) is 17.6. The van der Waals surface area contributed by atoms with E-state index in [1.165, 1.54) is 41.7 Å². The van der Waals surface area contributed by atoms with E-state index in [0.717, 1.165) is 27.2 Å². The van der Waals surface area contributed by atoms with Crippen molar-refractivity contribution in [2.24, 2.45) is 0 Å². The predicted octanol–water partition coefficient (Wildman–Crippen LogP) is 6.07. The molecule has 0 amide bonds. The smallest absolute Gasteiger partial charge is 0.123 e. The fourth-order valence-electron chi connectivity index (χ4n) is 2.55. The van der Waals surface area contributed by atoms with Crippen LogP contribution in [-0.4, -0.2) is 0 Å². The van der Waals surface area contributed by atoms with Crippen LogP contribution in [0, 0.1) is 23.0 Å². The molecular formula is C21H13F2NS. The average molecular weight is 349 g/mol. The predicted molar refractivity (Wildman–Crippen MR) is 97.8 cm³/mol. The first-order valence-corrected chi connectivity index (χ1v) is 8.43. The van der Waals surface area contributed by atoms with E-state index in [9.17, 15) is 8.78 Å². The minimum absolute atomic E-state index is 0.326.